The van der Waals surface area contributed by atoms with E-state index in [1.165, 1.54) is 0 Å². The van der Waals surface area contributed by atoms with Crippen LogP contribution in [-0.4, -0.2) is 60.4 Å². The number of hydrogen-bond donors (Lipinski definition) is 2. The lowest BCUT2D eigenvalue weighted by Crippen LogP contribution is -2.36. The number of ether oxygens (including phenoxy) is 2. The summed E-state index contributed by atoms with van der Waals surface area (Å²) in [5.41, 5.74) is 5.55. The van der Waals surface area contributed by atoms with Gasteiger partial charge >= 0.3 is 11.9 Å². The van der Waals surface area contributed by atoms with Crippen molar-refractivity contribution >= 4 is 35.1 Å². The minimum absolute atomic E-state index is 0.0239. The highest BCUT2D eigenvalue weighted by atomic mass is 16.5. The van der Waals surface area contributed by atoms with E-state index in [0.29, 0.717) is 13.1 Å². The van der Waals surface area contributed by atoms with Crippen molar-refractivity contribution in [1.29, 1.82) is 0 Å². The van der Waals surface area contributed by atoms with E-state index in [-0.39, 0.29) is 33.8 Å². The van der Waals surface area contributed by atoms with E-state index in [0.717, 1.165) is 98.6 Å². The third-order valence-electron chi connectivity index (χ3n) is 13.2. The average molecular weight is 727 g/mol. The summed E-state index contributed by atoms with van der Waals surface area (Å²) in [6, 6.07) is 29.8. The molecule has 2 N–H and O–H groups in total. The van der Waals surface area contributed by atoms with Crippen LogP contribution in [0.1, 0.15) is 81.5 Å². The van der Waals surface area contributed by atoms with Gasteiger partial charge in [-0.2, -0.15) is 0 Å². The zero-order valence-corrected chi connectivity index (χ0v) is 30.0. The number of aromatic carboxylic acids is 2. The van der Waals surface area contributed by atoms with Crippen LogP contribution in [0, 0.1) is 10.8 Å². The van der Waals surface area contributed by atoms with Crippen LogP contribution in [0.3, 0.4) is 0 Å². The molecule has 10 nitrogen and oxygen atoms in total. The van der Waals surface area contributed by atoms with Gasteiger partial charge in [-0.05, 0) is 108 Å². The minimum atomic E-state index is -0.954. The molecule has 4 aromatic carbocycles. The molecule has 0 bridgehead atoms. The van der Waals surface area contributed by atoms with Gasteiger partial charge in [-0.15, -0.1) is 0 Å². The first-order chi connectivity index (χ1) is 26.1. The lowest BCUT2D eigenvalue weighted by atomic mass is 9.82. The van der Waals surface area contributed by atoms with Crippen LogP contribution in [0.2, 0.25) is 0 Å². The third-order valence-corrected chi connectivity index (χ3v) is 13.2. The molecule has 2 aliphatic carbocycles. The van der Waals surface area contributed by atoms with E-state index >= 15 is 0 Å². The van der Waals surface area contributed by atoms with Crippen molar-refractivity contribution in [2.45, 2.75) is 62.4 Å². The Bertz CT molecular complexity index is 2050. The maximum Gasteiger partial charge on any atom is 0.335 e. The van der Waals surface area contributed by atoms with Gasteiger partial charge in [-0.25, -0.2) is 9.59 Å². The van der Waals surface area contributed by atoms with Gasteiger partial charge in [0, 0.05) is 37.8 Å². The quantitative estimate of drug-likeness (QED) is 0.223. The van der Waals surface area contributed by atoms with E-state index < -0.39 is 22.8 Å². The Kier molecular flexibility index (Phi) is 8.06. The lowest BCUT2D eigenvalue weighted by Gasteiger charge is -2.27. The molecule has 2 saturated heterocycles. The molecule has 10 heteroatoms. The van der Waals surface area contributed by atoms with Crippen molar-refractivity contribution in [3.8, 4) is 0 Å². The van der Waals surface area contributed by atoms with Crippen molar-refractivity contribution in [1.82, 2.24) is 0 Å². The normalized spacial score (nSPS) is 25.0. The highest BCUT2D eigenvalue weighted by Gasteiger charge is 2.76. The van der Waals surface area contributed by atoms with Crippen molar-refractivity contribution in [3.63, 3.8) is 0 Å². The summed E-state index contributed by atoms with van der Waals surface area (Å²) in [5, 5.41) is 18.5. The molecular formula is C44H42N2O8. The molecule has 10 rings (SSSR count). The molecule has 54 heavy (non-hydrogen) atoms. The SMILES string of the molecule is O=C(O)c1cccc(CN2C(=O)C3(CC34CCOCC4)c3ccccc32)c1.O=C(O)c1cccc(CN2C(=O)[C@]3(CC34CCOCC4)c3ccccc32)c1. The molecule has 1 unspecified atom stereocenters. The summed E-state index contributed by atoms with van der Waals surface area (Å²) in [4.78, 5) is 53.5. The second-order valence-corrected chi connectivity index (χ2v) is 15.8. The monoisotopic (exact) mass is 726 g/mol. The molecule has 2 saturated carbocycles. The fourth-order valence-corrected chi connectivity index (χ4v) is 10.4. The Morgan fingerprint density at radius 3 is 1.33 bits per heavy atom. The maximum atomic E-state index is 13.6. The van der Waals surface area contributed by atoms with Crippen LogP contribution in [0.15, 0.2) is 97.1 Å². The van der Waals surface area contributed by atoms with Gasteiger partial charge in [0.05, 0.1) is 35.0 Å². The maximum absolute atomic E-state index is 13.6. The predicted octanol–water partition coefficient (Wildman–Crippen LogP) is 6.74. The second-order valence-electron chi connectivity index (χ2n) is 15.8. The molecular weight excluding hydrogens is 684 g/mol. The molecule has 0 aromatic heterocycles. The first-order valence-electron chi connectivity index (χ1n) is 18.8. The van der Waals surface area contributed by atoms with Crippen molar-refractivity contribution in [2.75, 3.05) is 36.2 Å². The number of benzene rings is 4. The van der Waals surface area contributed by atoms with E-state index in [2.05, 4.69) is 12.1 Å². The Hall–Kier alpha value is -5.32. The van der Waals surface area contributed by atoms with Gasteiger partial charge in [0.2, 0.25) is 11.8 Å². The number of carboxylic acids is 2. The summed E-state index contributed by atoms with van der Waals surface area (Å²) in [7, 11) is 0. The molecule has 4 spiro atoms. The number of carbonyl (C=O) groups excluding carboxylic acids is 2. The minimum Gasteiger partial charge on any atom is -0.478 e. The second kappa shape index (κ2) is 12.6. The van der Waals surface area contributed by atoms with Crippen LogP contribution in [0.25, 0.3) is 0 Å². The molecule has 6 aliphatic rings. The van der Waals surface area contributed by atoms with Crippen LogP contribution in [0.4, 0.5) is 11.4 Å². The first-order valence-corrected chi connectivity index (χ1v) is 18.8. The highest BCUT2D eigenvalue weighted by molar-refractivity contribution is 6.12. The number of carboxylic acid groups (broad SMARTS) is 2. The number of rotatable bonds is 6. The molecule has 4 fully saturated rings. The van der Waals surface area contributed by atoms with E-state index in [4.69, 9.17) is 9.47 Å². The molecule has 4 heterocycles. The molecule has 0 radical (unpaired) electrons. The number of fused-ring (bicyclic) bond motifs is 6. The van der Waals surface area contributed by atoms with Gasteiger partial charge in [0.15, 0.2) is 0 Å². The van der Waals surface area contributed by atoms with Gasteiger partial charge in [0.25, 0.3) is 0 Å². The predicted molar refractivity (Wildman–Crippen MR) is 200 cm³/mol. The van der Waals surface area contributed by atoms with Crippen LogP contribution in [0.5, 0.6) is 0 Å². The van der Waals surface area contributed by atoms with Crippen LogP contribution >= 0.6 is 0 Å². The highest BCUT2D eigenvalue weighted by Crippen LogP contribution is 2.74. The summed E-state index contributed by atoms with van der Waals surface area (Å²) >= 11 is 0. The number of carbonyl (C=O) groups is 4. The largest absolute Gasteiger partial charge is 0.478 e. The zero-order chi connectivity index (χ0) is 37.3. The number of hydrogen-bond acceptors (Lipinski definition) is 6. The fourth-order valence-electron chi connectivity index (χ4n) is 10.4. The number of anilines is 2. The van der Waals surface area contributed by atoms with Crippen LogP contribution in [-0.2, 0) is 43.0 Å². The van der Waals surface area contributed by atoms with E-state index in [9.17, 15) is 29.4 Å². The third kappa shape index (κ3) is 5.06. The summed E-state index contributed by atoms with van der Waals surface area (Å²) in [6.45, 7) is 3.67. The number of para-hydroxylation sites is 2. The Balaban J connectivity index is 0.000000142. The summed E-state index contributed by atoms with van der Waals surface area (Å²) < 4.78 is 11.1. The van der Waals surface area contributed by atoms with Crippen molar-refractivity contribution < 1.29 is 38.9 Å². The standard InChI is InChI=1S/2C22H21NO4/c2*24-19(25)16-5-3-4-15(12-16)13-23-18-7-2-1-6-17(18)22(20(23)26)14-21(22)8-10-27-11-9-21/h2*1-7,12H,8-11,13-14H2,(H,24,25)/t22-;/m0./s1. The van der Waals surface area contributed by atoms with Gasteiger partial charge in [-0.3, -0.25) is 9.59 Å². The van der Waals surface area contributed by atoms with Crippen LogP contribution < -0.4 is 9.80 Å². The molecule has 2 atom stereocenters. The molecule has 4 aromatic rings. The molecule has 2 amide bonds. The van der Waals surface area contributed by atoms with Gasteiger partial charge in [-0.1, -0.05) is 60.7 Å². The van der Waals surface area contributed by atoms with Crippen molar-refractivity contribution in [2.24, 2.45) is 10.8 Å². The smallest absolute Gasteiger partial charge is 0.335 e. The summed E-state index contributed by atoms with van der Waals surface area (Å²) in [5.74, 6) is -1.59. The Morgan fingerprint density at radius 1 is 0.556 bits per heavy atom. The first kappa shape index (κ1) is 34.4. The van der Waals surface area contributed by atoms with E-state index in [1.54, 1.807) is 36.4 Å². The average Bonchev–Trinajstić information content (AvgIpc) is 4.00. The molecule has 4 aliphatic heterocycles. The topological polar surface area (TPSA) is 134 Å². The Labute approximate surface area is 313 Å². The van der Waals surface area contributed by atoms with Crippen molar-refractivity contribution in [3.05, 3.63) is 130 Å². The number of amides is 2. The fraction of sp³-hybridized carbons (Fsp3) is 0.364. The van der Waals surface area contributed by atoms with Gasteiger partial charge in [0.1, 0.15) is 0 Å². The zero-order valence-electron chi connectivity index (χ0n) is 30.0. The summed E-state index contributed by atoms with van der Waals surface area (Å²) in [6.07, 6.45) is 5.49. The number of nitrogens with zero attached hydrogens (tertiary/aromatic N) is 2. The van der Waals surface area contributed by atoms with Gasteiger partial charge < -0.3 is 29.5 Å². The lowest BCUT2D eigenvalue weighted by molar-refractivity contribution is -0.122. The van der Waals surface area contributed by atoms with E-state index in [1.807, 2.05) is 58.3 Å². The molecule has 276 valence electrons. The Morgan fingerprint density at radius 2 is 0.944 bits per heavy atom.